The van der Waals surface area contributed by atoms with E-state index in [1.54, 1.807) is 54.7 Å². The molecule has 0 fully saturated rings. The van der Waals surface area contributed by atoms with Crippen LogP contribution >= 0.6 is 0 Å². The summed E-state index contributed by atoms with van der Waals surface area (Å²) in [5.41, 5.74) is 4.98. The first-order valence-electron chi connectivity index (χ1n) is 8.43. The number of guanidine groups is 1. The van der Waals surface area contributed by atoms with Gasteiger partial charge in [0.15, 0.2) is 5.66 Å². The van der Waals surface area contributed by atoms with Crippen molar-refractivity contribution in [3.8, 4) is 5.75 Å². The number of hydrazone groups is 1. The predicted octanol–water partition coefficient (Wildman–Crippen LogP) is 1.75. The van der Waals surface area contributed by atoms with Crippen molar-refractivity contribution in [1.82, 2.24) is 15.8 Å². The molecule has 1 amide bonds. The standard InChI is InChI=1S/C19H21N5O3/c1-13(17(26)22-27)24-18(20-12-14-8-4-3-5-9-14)21-23-19(24,2)15-10-6-7-11-16(15)25/h3-13,23,25,27H,1-2H3,(H,22,26)/b20-12+. The predicted molar refractivity (Wildman–Crippen MR) is 101 cm³/mol. The van der Waals surface area contributed by atoms with E-state index in [0.29, 0.717) is 5.56 Å². The molecule has 3 rings (SSSR count). The minimum absolute atomic E-state index is 0.0533. The number of nitrogens with one attached hydrogen (secondary N) is 2. The highest BCUT2D eigenvalue weighted by atomic mass is 16.5. The number of hydrogen-bond donors (Lipinski definition) is 4. The van der Waals surface area contributed by atoms with Gasteiger partial charge in [0.05, 0.1) is 0 Å². The van der Waals surface area contributed by atoms with Gasteiger partial charge in [0.1, 0.15) is 11.8 Å². The van der Waals surface area contributed by atoms with E-state index in [-0.39, 0.29) is 11.7 Å². The zero-order valence-electron chi connectivity index (χ0n) is 15.0. The molecule has 140 valence electrons. The lowest BCUT2D eigenvalue weighted by molar-refractivity contribution is -0.134. The molecule has 2 aromatic carbocycles. The van der Waals surface area contributed by atoms with Crippen molar-refractivity contribution < 1.29 is 15.1 Å². The second-order valence-electron chi connectivity index (χ2n) is 6.30. The number of phenols is 1. The first-order chi connectivity index (χ1) is 13.0. The molecule has 8 heteroatoms. The fourth-order valence-electron chi connectivity index (χ4n) is 3.08. The maximum atomic E-state index is 12.1. The van der Waals surface area contributed by atoms with Gasteiger partial charge in [-0.3, -0.25) is 20.3 Å². The number of hydroxylamine groups is 1. The monoisotopic (exact) mass is 367 g/mol. The van der Waals surface area contributed by atoms with E-state index in [4.69, 9.17) is 5.21 Å². The number of carbonyl (C=O) groups is 1. The Morgan fingerprint density at radius 1 is 1.26 bits per heavy atom. The van der Waals surface area contributed by atoms with Gasteiger partial charge in [0.25, 0.3) is 5.91 Å². The summed E-state index contributed by atoms with van der Waals surface area (Å²) < 4.78 is 0. The molecule has 8 nitrogen and oxygen atoms in total. The molecule has 0 aliphatic carbocycles. The molecule has 0 spiro atoms. The molecular formula is C19H21N5O3. The summed E-state index contributed by atoms with van der Waals surface area (Å²) in [6.07, 6.45) is 1.63. The van der Waals surface area contributed by atoms with Crippen LogP contribution in [0.25, 0.3) is 0 Å². The highest BCUT2D eigenvalue weighted by Gasteiger charge is 2.46. The van der Waals surface area contributed by atoms with Gasteiger partial charge in [0, 0.05) is 11.8 Å². The van der Waals surface area contributed by atoms with Crippen LogP contribution in [0.5, 0.6) is 5.75 Å². The maximum Gasteiger partial charge on any atom is 0.265 e. The van der Waals surface area contributed by atoms with Crippen LogP contribution < -0.4 is 10.9 Å². The Bertz CT molecular complexity index is 884. The van der Waals surface area contributed by atoms with Crippen molar-refractivity contribution in [1.29, 1.82) is 0 Å². The second kappa shape index (κ2) is 7.46. The van der Waals surface area contributed by atoms with Crippen LogP contribution in [0.15, 0.2) is 64.7 Å². The van der Waals surface area contributed by atoms with E-state index in [9.17, 15) is 9.90 Å². The lowest BCUT2D eigenvalue weighted by atomic mass is 9.97. The van der Waals surface area contributed by atoms with Crippen LogP contribution in [-0.2, 0) is 10.5 Å². The van der Waals surface area contributed by atoms with Gasteiger partial charge >= 0.3 is 0 Å². The molecule has 1 heterocycles. The first-order valence-corrected chi connectivity index (χ1v) is 8.43. The molecule has 0 saturated heterocycles. The van der Waals surface area contributed by atoms with Gasteiger partial charge in [-0.05, 0) is 25.5 Å². The third-order valence-corrected chi connectivity index (χ3v) is 4.50. The number of aromatic hydroxyl groups is 1. The van der Waals surface area contributed by atoms with E-state index in [1.165, 1.54) is 0 Å². The minimum Gasteiger partial charge on any atom is -0.508 e. The number of rotatable bonds is 4. The van der Waals surface area contributed by atoms with Crippen LogP contribution in [0.4, 0.5) is 0 Å². The zero-order valence-corrected chi connectivity index (χ0v) is 15.0. The number of nitrogens with zero attached hydrogens (tertiary/aromatic N) is 3. The van der Waals surface area contributed by atoms with Crippen LogP contribution in [-0.4, -0.2) is 39.3 Å². The number of benzene rings is 2. The van der Waals surface area contributed by atoms with Crippen LogP contribution in [0.3, 0.4) is 0 Å². The average Bonchev–Trinajstić information content (AvgIpc) is 3.03. The smallest absolute Gasteiger partial charge is 0.265 e. The summed E-state index contributed by atoms with van der Waals surface area (Å²) in [7, 11) is 0. The fraction of sp³-hybridized carbons (Fsp3) is 0.211. The number of aliphatic imine (C=N–C) groups is 1. The Morgan fingerprint density at radius 2 is 1.93 bits per heavy atom. The van der Waals surface area contributed by atoms with Crippen molar-refractivity contribution in [2.24, 2.45) is 10.1 Å². The summed E-state index contributed by atoms with van der Waals surface area (Å²) in [6.45, 7) is 3.39. The van der Waals surface area contributed by atoms with Gasteiger partial charge in [-0.25, -0.2) is 10.5 Å². The normalized spacial score (nSPS) is 20.3. The van der Waals surface area contributed by atoms with Gasteiger partial charge in [-0.15, -0.1) is 5.10 Å². The molecule has 4 N–H and O–H groups in total. The Hall–Kier alpha value is -3.39. The molecule has 2 aromatic rings. The zero-order chi connectivity index (χ0) is 19.4. The van der Waals surface area contributed by atoms with Gasteiger partial charge < -0.3 is 5.11 Å². The molecule has 0 aromatic heterocycles. The van der Waals surface area contributed by atoms with E-state index in [2.05, 4.69) is 15.5 Å². The van der Waals surface area contributed by atoms with E-state index in [1.807, 2.05) is 30.3 Å². The molecule has 1 aliphatic heterocycles. The largest absolute Gasteiger partial charge is 0.508 e. The topological polar surface area (TPSA) is 110 Å². The number of carbonyl (C=O) groups excluding carboxylic acids is 1. The second-order valence-corrected chi connectivity index (χ2v) is 6.30. The molecule has 2 atom stereocenters. The third-order valence-electron chi connectivity index (χ3n) is 4.50. The van der Waals surface area contributed by atoms with Crippen LogP contribution in [0, 0.1) is 0 Å². The molecule has 2 unspecified atom stereocenters. The molecule has 0 saturated carbocycles. The number of hydrogen-bond acceptors (Lipinski definition) is 7. The van der Waals surface area contributed by atoms with E-state index < -0.39 is 17.6 Å². The quantitative estimate of drug-likeness (QED) is 0.374. The fourth-order valence-corrected chi connectivity index (χ4v) is 3.08. The number of phenolic OH excluding ortho intramolecular Hbond substituents is 1. The summed E-state index contributed by atoms with van der Waals surface area (Å²) >= 11 is 0. The SMILES string of the molecule is CC(C(=O)NO)N1C(/N=C/c2ccccc2)=NNC1(C)c1ccccc1O. The summed E-state index contributed by atoms with van der Waals surface area (Å²) in [5, 5.41) is 23.7. The highest BCUT2D eigenvalue weighted by molar-refractivity contribution is 5.97. The molecule has 27 heavy (non-hydrogen) atoms. The van der Waals surface area contributed by atoms with Gasteiger partial charge in [0.2, 0.25) is 5.96 Å². The Kier molecular flexibility index (Phi) is 5.09. The summed E-state index contributed by atoms with van der Waals surface area (Å²) in [6, 6.07) is 15.4. The van der Waals surface area contributed by atoms with Crippen molar-refractivity contribution in [3.63, 3.8) is 0 Å². The molecule has 1 aliphatic rings. The summed E-state index contributed by atoms with van der Waals surface area (Å²) in [5.74, 6) is -0.318. The molecular weight excluding hydrogens is 346 g/mol. The average molecular weight is 367 g/mol. The Balaban J connectivity index is 2.00. The highest BCUT2D eigenvalue weighted by Crippen LogP contribution is 2.36. The number of amides is 1. The van der Waals surface area contributed by atoms with Crippen LogP contribution in [0.1, 0.15) is 25.0 Å². The number of para-hydroxylation sites is 1. The van der Waals surface area contributed by atoms with Crippen LogP contribution in [0.2, 0.25) is 0 Å². The summed E-state index contributed by atoms with van der Waals surface area (Å²) in [4.78, 5) is 18.1. The maximum absolute atomic E-state index is 12.1. The van der Waals surface area contributed by atoms with Crippen molar-refractivity contribution in [2.75, 3.05) is 0 Å². The van der Waals surface area contributed by atoms with Gasteiger partial charge in [-0.2, -0.15) is 0 Å². The Labute approximate surface area is 156 Å². The first kappa shape index (κ1) is 18.4. The Morgan fingerprint density at radius 3 is 2.59 bits per heavy atom. The van der Waals surface area contributed by atoms with E-state index in [0.717, 1.165) is 5.56 Å². The van der Waals surface area contributed by atoms with Gasteiger partial charge in [-0.1, -0.05) is 48.5 Å². The minimum atomic E-state index is -1.04. The van der Waals surface area contributed by atoms with Crippen molar-refractivity contribution >= 4 is 18.1 Å². The lowest BCUT2D eigenvalue weighted by Crippen LogP contribution is -2.56. The third kappa shape index (κ3) is 3.47. The van der Waals surface area contributed by atoms with Crippen molar-refractivity contribution in [3.05, 3.63) is 65.7 Å². The van der Waals surface area contributed by atoms with Crippen molar-refractivity contribution in [2.45, 2.75) is 25.6 Å². The molecule has 0 radical (unpaired) electrons. The molecule has 0 bridgehead atoms. The lowest BCUT2D eigenvalue weighted by Gasteiger charge is -2.39. The van der Waals surface area contributed by atoms with E-state index >= 15 is 0 Å².